The van der Waals surface area contributed by atoms with Crippen molar-refractivity contribution < 1.29 is 9.18 Å². The van der Waals surface area contributed by atoms with Crippen LogP contribution in [0.25, 0.3) is 17.0 Å². The van der Waals surface area contributed by atoms with Gasteiger partial charge in [-0.1, -0.05) is 12.1 Å². The van der Waals surface area contributed by atoms with Gasteiger partial charge in [0.15, 0.2) is 0 Å². The standard InChI is InChI=1S/C18H12FN5O/c19-14-6-4-12(5-7-14)17(25)21-15-3-1-2-13(10-15)16-11-24-9-8-20-23-18(24)22-16/h1-11H,(H,21,25). The maximum absolute atomic E-state index is 13.0. The summed E-state index contributed by atoms with van der Waals surface area (Å²) in [5.74, 6) is -0.190. The molecule has 7 heteroatoms. The molecule has 4 rings (SSSR count). The highest BCUT2D eigenvalue weighted by molar-refractivity contribution is 6.04. The van der Waals surface area contributed by atoms with Crippen molar-refractivity contribution in [2.75, 3.05) is 5.32 Å². The number of nitrogens with one attached hydrogen (secondary N) is 1. The first kappa shape index (κ1) is 14.9. The largest absolute Gasteiger partial charge is 0.322 e. The van der Waals surface area contributed by atoms with E-state index in [4.69, 9.17) is 0 Å². The van der Waals surface area contributed by atoms with Crippen LogP contribution in [0, 0.1) is 5.82 Å². The Bertz CT molecular complexity index is 1030. The van der Waals surface area contributed by atoms with E-state index in [1.807, 2.05) is 24.4 Å². The van der Waals surface area contributed by atoms with Crippen molar-refractivity contribution in [1.82, 2.24) is 19.6 Å². The van der Waals surface area contributed by atoms with Gasteiger partial charge >= 0.3 is 0 Å². The number of imidazole rings is 1. The molecule has 6 nitrogen and oxygen atoms in total. The first-order valence-electron chi connectivity index (χ1n) is 7.53. The lowest BCUT2D eigenvalue weighted by molar-refractivity contribution is 0.102. The topological polar surface area (TPSA) is 72.2 Å². The number of nitrogens with zero attached hydrogens (tertiary/aromatic N) is 4. The minimum atomic E-state index is -0.381. The number of halogens is 1. The first-order valence-corrected chi connectivity index (χ1v) is 7.53. The van der Waals surface area contributed by atoms with Crippen molar-refractivity contribution in [3.05, 3.63) is 78.5 Å². The number of rotatable bonds is 3. The predicted molar refractivity (Wildman–Crippen MR) is 90.6 cm³/mol. The van der Waals surface area contributed by atoms with Crippen LogP contribution in [0.2, 0.25) is 0 Å². The molecule has 2 aromatic heterocycles. The Morgan fingerprint density at radius 2 is 1.96 bits per heavy atom. The average molecular weight is 333 g/mol. The van der Waals surface area contributed by atoms with Gasteiger partial charge in [0.2, 0.25) is 0 Å². The smallest absolute Gasteiger partial charge is 0.255 e. The van der Waals surface area contributed by atoms with Gasteiger partial charge in [-0.25, -0.2) is 9.37 Å². The highest BCUT2D eigenvalue weighted by Crippen LogP contribution is 2.22. The summed E-state index contributed by atoms with van der Waals surface area (Å²) in [6, 6.07) is 12.7. The minimum absolute atomic E-state index is 0.307. The molecule has 0 saturated carbocycles. The quantitative estimate of drug-likeness (QED) is 0.625. The number of fused-ring (bicyclic) bond motifs is 1. The van der Waals surface area contributed by atoms with Gasteiger partial charge in [0.05, 0.1) is 11.9 Å². The summed E-state index contributed by atoms with van der Waals surface area (Å²) in [5.41, 5.74) is 2.56. The number of benzene rings is 2. The molecule has 0 aliphatic rings. The molecule has 4 aromatic rings. The normalized spacial score (nSPS) is 10.8. The fourth-order valence-corrected chi connectivity index (χ4v) is 2.45. The third-order valence-corrected chi connectivity index (χ3v) is 3.68. The Kier molecular flexibility index (Phi) is 3.66. The van der Waals surface area contributed by atoms with Crippen LogP contribution in [0.5, 0.6) is 0 Å². The van der Waals surface area contributed by atoms with Crippen LogP contribution in [0.4, 0.5) is 10.1 Å². The van der Waals surface area contributed by atoms with Crippen molar-refractivity contribution >= 4 is 17.4 Å². The fraction of sp³-hybridized carbons (Fsp3) is 0. The van der Waals surface area contributed by atoms with E-state index in [2.05, 4.69) is 20.5 Å². The minimum Gasteiger partial charge on any atom is -0.322 e. The molecule has 0 aliphatic carbocycles. The number of anilines is 1. The molecule has 1 N–H and O–H groups in total. The third kappa shape index (κ3) is 3.07. The van der Waals surface area contributed by atoms with Gasteiger partial charge in [-0.05, 0) is 36.4 Å². The Hall–Kier alpha value is -3.61. The molecule has 25 heavy (non-hydrogen) atoms. The SMILES string of the molecule is O=C(Nc1cccc(-c2cn3ccnnc3n2)c1)c1ccc(F)cc1. The Balaban J connectivity index is 1.60. The number of carbonyl (C=O) groups is 1. The zero-order valence-corrected chi connectivity index (χ0v) is 12.9. The lowest BCUT2D eigenvalue weighted by Crippen LogP contribution is -2.11. The van der Waals surface area contributed by atoms with E-state index in [0.717, 1.165) is 11.3 Å². The van der Waals surface area contributed by atoms with Gasteiger partial charge in [0.25, 0.3) is 11.7 Å². The van der Waals surface area contributed by atoms with E-state index in [-0.39, 0.29) is 11.7 Å². The maximum Gasteiger partial charge on any atom is 0.255 e. The molecular weight excluding hydrogens is 321 g/mol. The molecule has 0 atom stereocenters. The number of amides is 1. The van der Waals surface area contributed by atoms with E-state index in [0.29, 0.717) is 17.0 Å². The van der Waals surface area contributed by atoms with Crippen LogP contribution in [-0.2, 0) is 0 Å². The van der Waals surface area contributed by atoms with E-state index in [9.17, 15) is 9.18 Å². The van der Waals surface area contributed by atoms with Gasteiger partial charge in [-0.2, -0.15) is 5.10 Å². The molecule has 0 radical (unpaired) electrons. The Morgan fingerprint density at radius 1 is 1.12 bits per heavy atom. The van der Waals surface area contributed by atoms with Crippen LogP contribution < -0.4 is 5.32 Å². The van der Waals surface area contributed by atoms with Crippen LogP contribution in [-0.4, -0.2) is 25.5 Å². The van der Waals surface area contributed by atoms with Crippen molar-refractivity contribution in [2.24, 2.45) is 0 Å². The molecule has 122 valence electrons. The molecule has 0 bridgehead atoms. The summed E-state index contributed by atoms with van der Waals surface area (Å²) in [5, 5.41) is 10.5. The highest BCUT2D eigenvalue weighted by Gasteiger charge is 2.09. The van der Waals surface area contributed by atoms with E-state index < -0.39 is 0 Å². The lowest BCUT2D eigenvalue weighted by atomic mass is 10.1. The summed E-state index contributed by atoms with van der Waals surface area (Å²) < 4.78 is 14.7. The number of carbonyl (C=O) groups excluding carboxylic acids is 1. The van der Waals surface area contributed by atoms with Crippen molar-refractivity contribution in [3.63, 3.8) is 0 Å². The third-order valence-electron chi connectivity index (χ3n) is 3.68. The van der Waals surface area contributed by atoms with Crippen molar-refractivity contribution in [2.45, 2.75) is 0 Å². The summed E-state index contributed by atoms with van der Waals surface area (Å²) in [7, 11) is 0. The van der Waals surface area contributed by atoms with Gasteiger partial charge < -0.3 is 5.32 Å². The summed E-state index contributed by atoms with van der Waals surface area (Å²) in [4.78, 5) is 16.6. The monoisotopic (exact) mass is 333 g/mol. The Morgan fingerprint density at radius 3 is 2.76 bits per heavy atom. The van der Waals surface area contributed by atoms with Crippen LogP contribution >= 0.6 is 0 Å². The zero-order chi connectivity index (χ0) is 17.2. The van der Waals surface area contributed by atoms with Crippen LogP contribution in [0.3, 0.4) is 0 Å². The summed E-state index contributed by atoms with van der Waals surface area (Å²) >= 11 is 0. The fourth-order valence-electron chi connectivity index (χ4n) is 2.45. The van der Waals surface area contributed by atoms with Crippen LogP contribution in [0.15, 0.2) is 67.1 Å². The molecule has 0 saturated heterocycles. The number of hydrogen-bond acceptors (Lipinski definition) is 4. The Labute approximate surface area is 142 Å². The summed E-state index contributed by atoms with van der Waals surface area (Å²) in [6.45, 7) is 0. The average Bonchev–Trinajstić information content (AvgIpc) is 3.07. The second-order valence-electron chi connectivity index (χ2n) is 5.39. The van der Waals surface area contributed by atoms with E-state index >= 15 is 0 Å². The van der Waals surface area contributed by atoms with Crippen molar-refractivity contribution in [3.8, 4) is 11.3 Å². The molecule has 0 unspecified atom stereocenters. The first-order chi connectivity index (χ1) is 12.2. The second kappa shape index (κ2) is 6.12. The molecular formula is C18H12FN5O. The van der Waals surface area contributed by atoms with Gasteiger partial charge in [-0.3, -0.25) is 9.20 Å². The molecule has 0 aliphatic heterocycles. The summed E-state index contributed by atoms with van der Waals surface area (Å²) in [6.07, 6.45) is 5.18. The zero-order valence-electron chi connectivity index (χ0n) is 12.9. The molecule has 0 fully saturated rings. The highest BCUT2D eigenvalue weighted by atomic mass is 19.1. The van der Waals surface area contributed by atoms with Crippen LogP contribution in [0.1, 0.15) is 10.4 Å². The molecule has 2 aromatic carbocycles. The lowest BCUT2D eigenvalue weighted by Gasteiger charge is -2.06. The van der Waals surface area contributed by atoms with E-state index in [1.165, 1.54) is 24.3 Å². The predicted octanol–water partition coefficient (Wildman–Crippen LogP) is 3.18. The number of hydrogen-bond donors (Lipinski definition) is 1. The van der Waals surface area contributed by atoms with Gasteiger partial charge in [0.1, 0.15) is 5.82 Å². The second-order valence-corrected chi connectivity index (χ2v) is 5.39. The van der Waals surface area contributed by atoms with Gasteiger partial charge in [0, 0.05) is 29.2 Å². The number of aromatic nitrogens is 4. The molecule has 2 heterocycles. The molecule has 0 spiro atoms. The van der Waals surface area contributed by atoms with Crippen molar-refractivity contribution in [1.29, 1.82) is 0 Å². The van der Waals surface area contributed by atoms with E-state index in [1.54, 1.807) is 22.9 Å². The maximum atomic E-state index is 13.0. The van der Waals surface area contributed by atoms with Gasteiger partial charge in [-0.15, -0.1) is 5.10 Å². The molecule has 1 amide bonds.